The van der Waals surface area contributed by atoms with E-state index >= 15 is 0 Å². The van der Waals surface area contributed by atoms with Crippen molar-refractivity contribution in [2.75, 3.05) is 54.1 Å². The molecule has 0 fully saturated rings. The number of ether oxygens (including phenoxy) is 2. The summed E-state index contributed by atoms with van der Waals surface area (Å²) in [5.74, 6) is -0.354. The molecule has 0 rings (SSSR count). The van der Waals surface area contributed by atoms with Gasteiger partial charge in [-0.15, -0.1) is 0 Å². The van der Waals surface area contributed by atoms with Crippen LogP contribution in [0.4, 0.5) is 0 Å². The summed E-state index contributed by atoms with van der Waals surface area (Å²) < 4.78 is 34.2. The van der Waals surface area contributed by atoms with Crippen molar-refractivity contribution in [2.45, 2.75) is 97.0 Å². The summed E-state index contributed by atoms with van der Waals surface area (Å²) in [6.07, 6.45) is 27.9. The quantitative estimate of drug-likeness (QED) is 0.0340. The lowest BCUT2D eigenvalue weighted by molar-refractivity contribution is -0.870. The Balaban J connectivity index is 4.23. The molecule has 0 radical (unpaired) electrons. The summed E-state index contributed by atoms with van der Waals surface area (Å²) in [7, 11) is 1.63. The number of likely N-dealkylation sites (N-methyl/N-ethyl adjacent to an activating group) is 1. The molecular formula is C32H59NO7P+. The number of phosphoric ester groups is 1. The topological polar surface area (TPSA) is 91.3 Å². The summed E-state index contributed by atoms with van der Waals surface area (Å²) in [5, 5.41) is 0. The Bertz CT molecular complexity index is 802. The number of hydrogen-bond donors (Lipinski definition) is 1. The number of rotatable bonds is 27. The van der Waals surface area contributed by atoms with Gasteiger partial charge in [-0.2, -0.15) is 0 Å². The van der Waals surface area contributed by atoms with Crippen molar-refractivity contribution in [2.24, 2.45) is 0 Å². The molecule has 1 N–H and O–H groups in total. The van der Waals surface area contributed by atoms with Gasteiger partial charge in [0.05, 0.1) is 34.4 Å². The lowest BCUT2D eigenvalue weighted by Gasteiger charge is -2.24. The number of carbonyl (C=O) groups is 1. The maximum Gasteiger partial charge on any atom is 0.472 e. The molecule has 0 aromatic carbocycles. The Labute approximate surface area is 250 Å². The molecule has 238 valence electrons. The van der Waals surface area contributed by atoms with E-state index in [0.717, 1.165) is 70.6 Å². The van der Waals surface area contributed by atoms with Gasteiger partial charge in [0.2, 0.25) is 0 Å². The first-order chi connectivity index (χ1) is 19.6. The van der Waals surface area contributed by atoms with Crippen molar-refractivity contribution in [1.29, 1.82) is 0 Å². The van der Waals surface area contributed by atoms with Crippen LogP contribution < -0.4 is 0 Å². The van der Waals surface area contributed by atoms with Crippen LogP contribution in [0.3, 0.4) is 0 Å². The maximum absolute atomic E-state index is 12.3. The summed E-state index contributed by atoms with van der Waals surface area (Å²) in [5.41, 5.74) is 0. The monoisotopic (exact) mass is 600 g/mol. The number of quaternary nitrogens is 1. The van der Waals surface area contributed by atoms with Crippen LogP contribution in [-0.4, -0.2) is 75.6 Å². The van der Waals surface area contributed by atoms with Crippen LogP contribution in [-0.2, 0) is 27.9 Å². The van der Waals surface area contributed by atoms with E-state index in [0.29, 0.717) is 24.1 Å². The van der Waals surface area contributed by atoms with Gasteiger partial charge in [-0.05, 0) is 51.4 Å². The molecule has 0 aliphatic carbocycles. The van der Waals surface area contributed by atoms with E-state index in [4.69, 9.17) is 18.5 Å². The molecular weight excluding hydrogens is 541 g/mol. The molecule has 0 aliphatic rings. The molecule has 2 atom stereocenters. The molecule has 0 aromatic heterocycles. The molecule has 0 saturated heterocycles. The average molecular weight is 601 g/mol. The largest absolute Gasteiger partial charge is 0.472 e. The molecule has 0 aliphatic heterocycles. The number of allylic oxidation sites excluding steroid dienone is 8. The molecule has 0 spiro atoms. The number of hydrogen-bond acceptors (Lipinski definition) is 6. The highest BCUT2D eigenvalue weighted by Gasteiger charge is 2.26. The van der Waals surface area contributed by atoms with Gasteiger partial charge in [-0.1, -0.05) is 81.7 Å². The molecule has 0 heterocycles. The number of phosphoric acid groups is 1. The van der Waals surface area contributed by atoms with E-state index in [-0.39, 0.29) is 25.8 Å². The van der Waals surface area contributed by atoms with Gasteiger partial charge in [-0.3, -0.25) is 13.8 Å². The van der Waals surface area contributed by atoms with Crippen LogP contribution in [0.5, 0.6) is 0 Å². The van der Waals surface area contributed by atoms with Crippen LogP contribution in [0.2, 0.25) is 0 Å². The Morgan fingerprint density at radius 1 is 0.780 bits per heavy atom. The smallest absolute Gasteiger partial charge is 0.457 e. The SMILES string of the molecule is CC/C=C\C/C=C\C/C=C\C/C=C\CCCCCOCC(COP(=O)(O)OCC[N+](C)(C)C)OC(=O)CCCCC. The summed E-state index contributed by atoms with van der Waals surface area (Å²) in [6, 6.07) is 0. The molecule has 9 heteroatoms. The van der Waals surface area contributed by atoms with Gasteiger partial charge in [0.15, 0.2) is 0 Å². The lowest BCUT2D eigenvalue weighted by Crippen LogP contribution is -2.37. The van der Waals surface area contributed by atoms with E-state index in [1.54, 1.807) is 0 Å². The zero-order chi connectivity index (χ0) is 30.7. The highest BCUT2D eigenvalue weighted by atomic mass is 31.2. The van der Waals surface area contributed by atoms with Crippen LogP contribution in [0, 0.1) is 0 Å². The molecule has 41 heavy (non-hydrogen) atoms. The van der Waals surface area contributed by atoms with Gasteiger partial charge in [0.1, 0.15) is 19.3 Å². The van der Waals surface area contributed by atoms with Crippen molar-refractivity contribution in [3.8, 4) is 0 Å². The second-order valence-corrected chi connectivity index (χ2v) is 12.6. The number of unbranched alkanes of at least 4 members (excludes halogenated alkanes) is 5. The summed E-state index contributed by atoms with van der Waals surface area (Å²) in [6.45, 7) is 5.21. The van der Waals surface area contributed by atoms with Crippen molar-refractivity contribution < 1.29 is 37.3 Å². The zero-order valence-corrected chi connectivity index (χ0v) is 27.4. The maximum atomic E-state index is 12.3. The third kappa shape index (κ3) is 29.7. The second kappa shape index (κ2) is 26.1. The molecule has 2 unspecified atom stereocenters. The number of carbonyl (C=O) groups excluding carboxylic acids is 1. The predicted molar refractivity (Wildman–Crippen MR) is 169 cm³/mol. The summed E-state index contributed by atoms with van der Waals surface area (Å²) in [4.78, 5) is 22.2. The minimum atomic E-state index is -4.25. The highest BCUT2D eigenvalue weighted by Crippen LogP contribution is 2.43. The fourth-order valence-electron chi connectivity index (χ4n) is 3.48. The van der Waals surface area contributed by atoms with Crippen molar-refractivity contribution in [1.82, 2.24) is 0 Å². The van der Waals surface area contributed by atoms with Crippen LogP contribution >= 0.6 is 7.82 Å². The Morgan fingerprint density at radius 3 is 2.02 bits per heavy atom. The molecule has 0 bridgehead atoms. The van der Waals surface area contributed by atoms with Gasteiger partial charge in [0, 0.05) is 13.0 Å². The Morgan fingerprint density at radius 2 is 1.41 bits per heavy atom. The number of esters is 1. The van der Waals surface area contributed by atoms with E-state index in [1.165, 1.54) is 0 Å². The van der Waals surface area contributed by atoms with Crippen LogP contribution in [0.25, 0.3) is 0 Å². The second-order valence-electron chi connectivity index (χ2n) is 11.1. The third-order valence-corrected chi connectivity index (χ3v) is 6.89. The van der Waals surface area contributed by atoms with Crippen molar-refractivity contribution in [3.05, 3.63) is 48.6 Å². The standard InChI is InChI=1S/C32H58NO7P/c1-6-8-10-11-12-13-14-15-16-17-18-19-20-21-22-24-27-37-29-31(40-32(34)25-23-9-7-2)30-39-41(35,36)38-28-26-33(3,4)5/h8,10,12-13,15-16,18-19,31H,6-7,9,11,14,17,20-30H2,1-5H3/p+1/b10-8-,13-12-,16-15-,19-18-. The van der Waals surface area contributed by atoms with Gasteiger partial charge in [-0.25, -0.2) is 4.57 Å². The fraction of sp³-hybridized carbons (Fsp3) is 0.719. The highest BCUT2D eigenvalue weighted by molar-refractivity contribution is 7.47. The van der Waals surface area contributed by atoms with Gasteiger partial charge < -0.3 is 18.9 Å². The first kappa shape index (κ1) is 39.5. The molecule has 0 aromatic rings. The zero-order valence-electron chi connectivity index (χ0n) is 26.5. The van der Waals surface area contributed by atoms with E-state index < -0.39 is 13.9 Å². The minimum absolute atomic E-state index is 0.0795. The Kier molecular flexibility index (Phi) is 25.1. The molecule has 0 saturated carbocycles. The molecule has 0 amide bonds. The lowest BCUT2D eigenvalue weighted by atomic mass is 10.2. The van der Waals surface area contributed by atoms with Gasteiger partial charge in [0.25, 0.3) is 0 Å². The van der Waals surface area contributed by atoms with Crippen LogP contribution in [0.15, 0.2) is 48.6 Å². The van der Waals surface area contributed by atoms with E-state index in [1.807, 2.05) is 21.1 Å². The average Bonchev–Trinajstić information content (AvgIpc) is 2.90. The van der Waals surface area contributed by atoms with E-state index in [2.05, 4.69) is 62.5 Å². The predicted octanol–water partition coefficient (Wildman–Crippen LogP) is 7.70. The van der Waals surface area contributed by atoms with Gasteiger partial charge >= 0.3 is 13.8 Å². The summed E-state index contributed by atoms with van der Waals surface area (Å²) >= 11 is 0. The van der Waals surface area contributed by atoms with Crippen LogP contribution in [0.1, 0.15) is 90.9 Å². The van der Waals surface area contributed by atoms with Crippen molar-refractivity contribution in [3.63, 3.8) is 0 Å². The number of nitrogens with zero attached hydrogens (tertiary/aromatic N) is 1. The normalized spacial score (nSPS) is 15.0. The van der Waals surface area contributed by atoms with Crippen molar-refractivity contribution >= 4 is 13.8 Å². The molecule has 8 nitrogen and oxygen atoms in total. The first-order valence-electron chi connectivity index (χ1n) is 15.4. The first-order valence-corrected chi connectivity index (χ1v) is 16.9. The minimum Gasteiger partial charge on any atom is -0.457 e. The Hall–Kier alpha value is -1.54. The third-order valence-electron chi connectivity index (χ3n) is 5.90. The van der Waals surface area contributed by atoms with E-state index in [9.17, 15) is 14.3 Å². The fourth-order valence-corrected chi connectivity index (χ4v) is 4.22.